The van der Waals surface area contributed by atoms with E-state index in [9.17, 15) is 4.79 Å². The maximum Gasteiger partial charge on any atom is 0.330 e. The van der Waals surface area contributed by atoms with Crippen molar-refractivity contribution in [3.05, 3.63) is 34.4 Å². The van der Waals surface area contributed by atoms with Gasteiger partial charge in [-0.15, -0.1) is 0 Å². The van der Waals surface area contributed by atoms with Gasteiger partial charge in [-0.25, -0.2) is 9.78 Å². The Balaban J connectivity index is 1.42. The van der Waals surface area contributed by atoms with Gasteiger partial charge < -0.3 is 19.5 Å². The summed E-state index contributed by atoms with van der Waals surface area (Å²) >= 11 is 0. The fraction of sp³-hybridized carbons (Fsp3) is 0.522. The number of aromatic nitrogens is 4. The number of hydrogen-bond acceptors (Lipinski definition) is 7. The SMILES string of the molecule is COC12CCC(n3c(=O)n(C)c4cnc(Nc5cc6c(cc5C)OCCO6)nc43)(CC1)C2. The monoisotopic (exact) mass is 437 g/mol. The molecule has 168 valence electrons. The molecular formula is C23H27N5O4. The number of ether oxygens (including phenoxy) is 3. The van der Waals surface area contributed by atoms with Gasteiger partial charge in [-0.2, -0.15) is 4.98 Å². The van der Waals surface area contributed by atoms with E-state index in [0.717, 1.165) is 54.6 Å². The number of nitrogens with one attached hydrogen (secondary N) is 1. The number of imidazole rings is 1. The van der Waals surface area contributed by atoms with Gasteiger partial charge >= 0.3 is 5.69 Å². The smallest absolute Gasteiger partial charge is 0.330 e. The normalized spacial score (nSPS) is 26.1. The topological polar surface area (TPSA) is 92.4 Å². The van der Waals surface area contributed by atoms with Crippen LogP contribution in [0.15, 0.2) is 23.1 Å². The molecule has 0 amide bonds. The van der Waals surface area contributed by atoms with Gasteiger partial charge in [-0.1, -0.05) is 0 Å². The first-order valence-corrected chi connectivity index (χ1v) is 11.1. The molecule has 1 aromatic carbocycles. The Hall–Kier alpha value is -3.07. The van der Waals surface area contributed by atoms with Crippen molar-refractivity contribution in [2.75, 3.05) is 25.6 Å². The van der Waals surface area contributed by atoms with Crippen molar-refractivity contribution in [2.24, 2.45) is 7.05 Å². The van der Waals surface area contributed by atoms with E-state index in [0.29, 0.717) is 30.6 Å². The summed E-state index contributed by atoms with van der Waals surface area (Å²) in [5.41, 5.74) is 2.84. The fourth-order valence-corrected chi connectivity index (χ4v) is 5.75. The Kier molecular flexibility index (Phi) is 4.11. The number of rotatable bonds is 4. The molecule has 0 spiro atoms. The number of aryl methyl sites for hydroxylation is 2. The molecule has 1 aliphatic heterocycles. The number of anilines is 2. The van der Waals surface area contributed by atoms with E-state index in [4.69, 9.17) is 19.2 Å². The van der Waals surface area contributed by atoms with Crippen LogP contribution in [0, 0.1) is 6.92 Å². The maximum absolute atomic E-state index is 13.3. The molecule has 2 bridgehead atoms. The molecule has 9 nitrogen and oxygen atoms in total. The van der Waals surface area contributed by atoms with Crippen molar-refractivity contribution in [1.82, 2.24) is 19.1 Å². The average Bonchev–Trinajstić information content (AvgIpc) is 3.44. The van der Waals surface area contributed by atoms with Crippen LogP contribution in [0.3, 0.4) is 0 Å². The highest BCUT2D eigenvalue weighted by atomic mass is 16.6. The summed E-state index contributed by atoms with van der Waals surface area (Å²) in [4.78, 5) is 22.6. The van der Waals surface area contributed by atoms with E-state index in [2.05, 4.69) is 10.3 Å². The molecule has 2 aliphatic carbocycles. The molecule has 0 atom stereocenters. The number of fused-ring (bicyclic) bond motifs is 4. The molecule has 3 heterocycles. The minimum atomic E-state index is -0.245. The van der Waals surface area contributed by atoms with Crippen molar-refractivity contribution >= 4 is 22.8 Å². The Labute approximate surface area is 185 Å². The number of benzene rings is 1. The average molecular weight is 438 g/mol. The molecular weight excluding hydrogens is 410 g/mol. The first-order valence-electron chi connectivity index (χ1n) is 11.1. The summed E-state index contributed by atoms with van der Waals surface area (Å²) in [6.45, 7) is 3.08. The van der Waals surface area contributed by atoms with E-state index in [1.807, 2.05) is 23.6 Å². The summed E-state index contributed by atoms with van der Waals surface area (Å²) in [6, 6.07) is 3.86. The minimum absolute atomic E-state index is 0.0456. The van der Waals surface area contributed by atoms with Crippen LogP contribution >= 0.6 is 0 Å². The molecule has 0 unspecified atom stereocenters. The van der Waals surface area contributed by atoms with Gasteiger partial charge in [0.15, 0.2) is 17.1 Å². The molecule has 2 saturated carbocycles. The zero-order valence-corrected chi connectivity index (χ0v) is 18.6. The summed E-state index contributed by atoms with van der Waals surface area (Å²) < 4.78 is 20.8. The van der Waals surface area contributed by atoms with Crippen molar-refractivity contribution in [3.63, 3.8) is 0 Å². The first-order chi connectivity index (χ1) is 15.4. The fourth-order valence-electron chi connectivity index (χ4n) is 5.75. The molecule has 3 aromatic rings. The highest BCUT2D eigenvalue weighted by molar-refractivity contribution is 5.74. The van der Waals surface area contributed by atoms with E-state index in [1.165, 1.54) is 0 Å². The van der Waals surface area contributed by atoms with Gasteiger partial charge in [0, 0.05) is 32.3 Å². The Morgan fingerprint density at radius 3 is 2.53 bits per heavy atom. The lowest BCUT2D eigenvalue weighted by atomic mass is 9.92. The van der Waals surface area contributed by atoms with Gasteiger partial charge in [0.2, 0.25) is 5.95 Å². The van der Waals surface area contributed by atoms with Crippen LogP contribution in [-0.2, 0) is 17.3 Å². The van der Waals surface area contributed by atoms with Crippen LogP contribution in [0.4, 0.5) is 11.6 Å². The maximum atomic E-state index is 13.3. The zero-order valence-electron chi connectivity index (χ0n) is 18.6. The van der Waals surface area contributed by atoms with Crippen molar-refractivity contribution in [2.45, 2.75) is 50.2 Å². The second-order valence-electron chi connectivity index (χ2n) is 9.30. The largest absolute Gasteiger partial charge is 0.486 e. The van der Waals surface area contributed by atoms with E-state index in [-0.39, 0.29) is 16.8 Å². The molecule has 2 aromatic heterocycles. The molecule has 9 heteroatoms. The van der Waals surface area contributed by atoms with Crippen LogP contribution in [-0.4, -0.2) is 45.0 Å². The van der Waals surface area contributed by atoms with E-state index >= 15 is 0 Å². The van der Waals surface area contributed by atoms with Crippen LogP contribution in [0.2, 0.25) is 0 Å². The summed E-state index contributed by atoms with van der Waals surface area (Å²) in [5, 5.41) is 3.31. The lowest BCUT2D eigenvalue weighted by molar-refractivity contribution is -0.000343. The van der Waals surface area contributed by atoms with Gasteiger partial charge in [0.1, 0.15) is 18.7 Å². The molecule has 2 fully saturated rings. The molecule has 6 rings (SSSR count). The van der Waals surface area contributed by atoms with Gasteiger partial charge in [-0.05, 0) is 44.2 Å². The number of nitrogens with zero attached hydrogens (tertiary/aromatic N) is 4. The molecule has 32 heavy (non-hydrogen) atoms. The van der Waals surface area contributed by atoms with Crippen molar-refractivity contribution in [3.8, 4) is 11.5 Å². The van der Waals surface area contributed by atoms with Crippen molar-refractivity contribution in [1.29, 1.82) is 0 Å². The van der Waals surface area contributed by atoms with Crippen LogP contribution in [0.1, 0.15) is 37.7 Å². The third kappa shape index (κ3) is 2.70. The Morgan fingerprint density at radius 1 is 1.12 bits per heavy atom. The second-order valence-corrected chi connectivity index (χ2v) is 9.30. The summed E-state index contributed by atoms with van der Waals surface area (Å²) in [5.74, 6) is 1.89. The van der Waals surface area contributed by atoms with Crippen LogP contribution in [0.5, 0.6) is 11.5 Å². The van der Waals surface area contributed by atoms with Crippen LogP contribution in [0.25, 0.3) is 11.2 Å². The third-order valence-corrected chi connectivity index (χ3v) is 7.59. The quantitative estimate of drug-likeness (QED) is 0.671. The number of methoxy groups -OCH3 is 1. The second kappa shape index (κ2) is 6.71. The first kappa shape index (κ1) is 19.6. The zero-order chi connectivity index (χ0) is 22.1. The Bertz CT molecular complexity index is 1290. The number of hydrogen-bond donors (Lipinski definition) is 1. The van der Waals surface area contributed by atoms with Crippen molar-refractivity contribution < 1.29 is 14.2 Å². The Morgan fingerprint density at radius 2 is 1.84 bits per heavy atom. The third-order valence-electron chi connectivity index (χ3n) is 7.59. The molecule has 0 radical (unpaired) electrons. The predicted molar refractivity (Wildman–Crippen MR) is 119 cm³/mol. The molecule has 0 saturated heterocycles. The van der Waals surface area contributed by atoms with E-state index < -0.39 is 0 Å². The van der Waals surface area contributed by atoms with Gasteiger partial charge in [-0.3, -0.25) is 9.13 Å². The summed E-state index contributed by atoms with van der Waals surface area (Å²) in [6.07, 6.45) is 6.36. The van der Waals surface area contributed by atoms with Gasteiger partial charge in [0.25, 0.3) is 0 Å². The standard InChI is InChI=1S/C23H27N5O4/c1-14-10-17-18(32-9-8-31-17)11-15(14)25-20-24-12-16-19(26-20)28(21(29)27(16)2)22-4-6-23(13-22,30-3)7-5-22/h10-12H,4-9,13H2,1-3H3,(H,24,25,26). The lowest BCUT2D eigenvalue weighted by Gasteiger charge is -2.28. The van der Waals surface area contributed by atoms with Crippen LogP contribution < -0.4 is 20.5 Å². The molecule has 1 N–H and O–H groups in total. The highest BCUT2D eigenvalue weighted by Crippen LogP contribution is 2.56. The molecule has 3 aliphatic rings. The lowest BCUT2D eigenvalue weighted by Crippen LogP contribution is -2.38. The highest BCUT2D eigenvalue weighted by Gasteiger charge is 2.57. The van der Waals surface area contributed by atoms with Gasteiger partial charge in [0.05, 0.1) is 17.3 Å². The van der Waals surface area contributed by atoms with E-state index in [1.54, 1.807) is 24.9 Å². The predicted octanol–water partition coefficient (Wildman–Crippen LogP) is 3.01. The minimum Gasteiger partial charge on any atom is -0.486 e. The summed E-state index contributed by atoms with van der Waals surface area (Å²) in [7, 11) is 3.57.